The molecule has 1 aliphatic carbocycles. The summed E-state index contributed by atoms with van der Waals surface area (Å²) in [4.78, 5) is 28.0. The lowest BCUT2D eigenvalue weighted by molar-refractivity contribution is -0.126. The van der Waals surface area contributed by atoms with E-state index in [1.807, 2.05) is 31.1 Å². The predicted molar refractivity (Wildman–Crippen MR) is 148 cm³/mol. The first kappa shape index (κ1) is 26.6. The number of likely N-dealkylation sites (N-methyl/N-ethyl adjacent to an activating group) is 1. The number of nitrogen functional groups attached to an aromatic ring is 1. The fourth-order valence-corrected chi connectivity index (χ4v) is 5.46. The Morgan fingerprint density at radius 3 is 2.62 bits per heavy atom. The first-order valence-corrected chi connectivity index (χ1v) is 13.0. The van der Waals surface area contributed by atoms with E-state index in [0.29, 0.717) is 50.4 Å². The van der Waals surface area contributed by atoms with E-state index in [0.717, 1.165) is 53.2 Å². The van der Waals surface area contributed by atoms with E-state index >= 15 is 0 Å². The lowest BCUT2D eigenvalue weighted by atomic mass is 9.72. The zero-order valence-corrected chi connectivity index (χ0v) is 22.5. The minimum Gasteiger partial charge on any atom is -0.462 e. The van der Waals surface area contributed by atoms with Gasteiger partial charge in [-0.05, 0) is 69.0 Å². The minimum absolute atomic E-state index is 0.0342. The largest absolute Gasteiger partial charge is 0.462 e. The molecule has 0 radical (unpaired) electrons. The van der Waals surface area contributed by atoms with Gasteiger partial charge in [-0.1, -0.05) is 19.6 Å². The molecule has 0 unspecified atom stereocenters. The van der Waals surface area contributed by atoms with Gasteiger partial charge in [0.15, 0.2) is 0 Å². The number of fused-ring (bicyclic) bond motifs is 1. The van der Waals surface area contributed by atoms with Crippen molar-refractivity contribution in [3.8, 4) is 6.01 Å². The number of anilines is 2. The number of hydrogen-bond acceptors (Lipinski definition) is 8. The Hall–Kier alpha value is -3.46. The first-order chi connectivity index (χ1) is 17.7. The van der Waals surface area contributed by atoms with Crippen LogP contribution in [0.1, 0.15) is 40.8 Å². The first-order valence-electron chi connectivity index (χ1n) is 13.0. The summed E-state index contributed by atoms with van der Waals surface area (Å²) in [5.41, 5.74) is 12.2. The van der Waals surface area contributed by atoms with Crippen molar-refractivity contribution in [2.24, 2.45) is 5.92 Å². The van der Waals surface area contributed by atoms with Gasteiger partial charge in [-0.15, -0.1) is 0 Å². The van der Waals surface area contributed by atoms with Gasteiger partial charge in [0.25, 0.3) is 0 Å². The van der Waals surface area contributed by atoms with Crippen LogP contribution in [-0.2, 0) is 17.6 Å². The zero-order valence-electron chi connectivity index (χ0n) is 22.5. The van der Waals surface area contributed by atoms with Crippen molar-refractivity contribution in [2.45, 2.75) is 32.6 Å². The summed E-state index contributed by atoms with van der Waals surface area (Å²) in [5.74, 6) is 1.38. The van der Waals surface area contributed by atoms with Crippen LogP contribution in [0.3, 0.4) is 0 Å². The van der Waals surface area contributed by atoms with Crippen molar-refractivity contribution < 1.29 is 9.53 Å². The molecule has 2 aromatic rings. The van der Waals surface area contributed by atoms with Crippen LogP contribution in [0.5, 0.6) is 6.01 Å². The van der Waals surface area contributed by atoms with Crippen molar-refractivity contribution in [1.82, 2.24) is 19.8 Å². The van der Waals surface area contributed by atoms with E-state index in [2.05, 4.69) is 30.2 Å². The van der Waals surface area contributed by atoms with Crippen LogP contribution in [-0.4, -0.2) is 85.3 Å². The van der Waals surface area contributed by atoms with Crippen molar-refractivity contribution in [3.05, 3.63) is 52.7 Å². The van der Waals surface area contributed by atoms with Gasteiger partial charge in [-0.25, -0.2) is 0 Å². The molecule has 2 aliphatic rings. The van der Waals surface area contributed by atoms with Gasteiger partial charge in [0.05, 0.1) is 5.69 Å². The average Bonchev–Trinajstić information content (AvgIpc) is 2.89. The fraction of sp³-hybridized carbons (Fsp3) is 0.500. The van der Waals surface area contributed by atoms with Crippen LogP contribution in [0.15, 0.2) is 24.8 Å². The average molecular weight is 506 g/mol. The number of rotatable bonds is 8. The Kier molecular flexibility index (Phi) is 8.12. The second-order valence-electron chi connectivity index (χ2n) is 10.4. The van der Waals surface area contributed by atoms with Gasteiger partial charge >= 0.3 is 6.01 Å². The van der Waals surface area contributed by atoms with E-state index in [1.165, 1.54) is 12.3 Å². The number of nitrogens with two attached hydrogens (primary N) is 1. The van der Waals surface area contributed by atoms with Crippen LogP contribution in [0, 0.1) is 18.3 Å². The summed E-state index contributed by atoms with van der Waals surface area (Å²) in [6.45, 7) is 11.9. The molecule has 1 saturated heterocycles. The predicted octanol–water partition coefficient (Wildman–Crippen LogP) is 2.66. The molecule has 2 atom stereocenters. The second-order valence-corrected chi connectivity index (χ2v) is 10.4. The highest BCUT2D eigenvalue weighted by molar-refractivity contribution is 5.88. The molecule has 1 fully saturated rings. The maximum Gasteiger partial charge on any atom is 0.318 e. The number of benzene rings is 1. The molecule has 1 aromatic carbocycles. The lowest BCUT2D eigenvalue weighted by Crippen LogP contribution is -2.49. The molecule has 0 saturated carbocycles. The number of aromatic nitrogens is 2. The highest BCUT2D eigenvalue weighted by Gasteiger charge is 2.34. The van der Waals surface area contributed by atoms with E-state index in [9.17, 15) is 4.79 Å². The Bertz CT molecular complexity index is 1170. The summed E-state index contributed by atoms with van der Waals surface area (Å²) >= 11 is 0. The summed E-state index contributed by atoms with van der Waals surface area (Å²) in [5, 5.41) is 8.03. The number of aryl methyl sites for hydroxylation is 1. The van der Waals surface area contributed by atoms with Crippen molar-refractivity contribution in [3.63, 3.8) is 0 Å². The smallest absolute Gasteiger partial charge is 0.318 e. The van der Waals surface area contributed by atoms with Gasteiger partial charge in [0, 0.05) is 55.8 Å². The van der Waals surface area contributed by atoms with Crippen LogP contribution in [0.25, 0.3) is 0 Å². The van der Waals surface area contributed by atoms with Gasteiger partial charge in [0.1, 0.15) is 12.4 Å². The normalized spacial score (nSPS) is 19.5. The standard InChI is InChI=1S/C28H39N7O2/c1-6-25(36)34-9-11-35(12-10-34)27-21-15-19(3)20(26-18(2)7-8-23(30)22(26)17-29)16-24(21)31-28(32-27)37-14-13-33(4)5/h6-8,17,19-20,29H,1,9-16,30H2,2-5H3/t19-,20-/m1/s1. The number of nitrogens with one attached hydrogen (secondary N) is 1. The minimum atomic E-state index is -0.0342. The Balaban J connectivity index is 1.70. The number of hydrogen-bond donors (Lipinski definition) is 2. The third kappa shape index (κ3) is 5.61. The number of nitrogens with zero attached hydrogens (tertiary/aromatic N) is 5. The van der Waals surface area contributed by atoms with Crippen LogP contribution >= 0.6 is 0 Å². The van der Waals surface area contributed by atoms with E-state index < -0.39 is 0 Å². The molecular formula is C28H39N7O2. The van der Waals surface area contributed by atoms with E-state index in [4.69, 9.17) is 25.8 Å². The molecule has 9 heteroatoms. The Labute approximate surface area is 219 Å². The Morgan fingerprint density at radius 1 is 1.24 bits per heavy atom. The number of ether oxygens (including phenoxy) is 1. The quantitative estimate of drug-likeness (QED) is 0.322. The number of amides is 1. The molecule has 2 heterocycles. The van der Waals surface area contributed by atoms with Crippen LogP contribution in [0.4, 0.5) is 11.5 Å². The molecule has 198 valence electrons. The molecule has 9 nitrogen and oxygen atoms in total. The number of piperazine rings is 1. The van der Waals surface area contributed by atoms with Crippen molar-refractivity contribution in [2.75, 3.05) is 64.1 Å². The summed E-state index contributed by atoms with van der Waals surface area (Å²) < 4.78 is 6.02. The zero-order chi connectivity index (χ0) is 26.7. The van der Waals surface area contributed by atoms with Crippen molar-refractivity contribution >= 4 is 23.6 Å². The third-order valence-electron chi connectivity index (χ3n) is 7.57. The van der Waals surface area contributed by atoms with Gasteiger partial charge < -0.3 is 30.6 Å². The SMILES string of the molecule is C=CC(=O)N1CCN(c2nc(OCCN(C)C)nc3c2C[C@@H](C)[C@H](c2c(C)ccc(N)c2C=N)C3)CC1. The number of carbonyl (C=O) groups is 1. The summed E-state index contributed by atoms with van der Waals surface area (Å²) in [7, 11) is 4.01. The Morgan fingerprint density at radius 2 is 1.97 bits per heavy atom. The van der Waals surface area contributed by atoms with Gasteiger partial charge in [0.2, 0.25) is 5.91 Å². The van der Waals surface area contributed by atoms with Gasteiger partial charge in [-0.3, -0.25) is 4.79 Å². The van der Waals surface area contributed by atoms with Crippen molar-refractivity contribution in [1.29, 1.82) is 5.41 Å². The highest BCUT2D eigenvalue weighted by atomic mass is 16.5. The van der Waals surface area contributed by atoms with Crippen LogP contribution in [0.2, 0.25) is 0 Å². The van der Waals surface area contributed by atoms with E-state index in [-0.39, 0.29) is 11.8 Å². The topological polar surface area (TPSA) is 112 Å². The molecule has 0 spiro atoms. The molecule has 37 heavy (non-hydrogen) atoms. The second kappa shape index (κ2) is 11.3. The monoisotopic (exact) mass is 505 g/mol. The maximum atomic E-state index is 12.1. The lowest BCUT2D eigenvalue weighted by Gasteiger charge is -2.38. The van der Waals surface area contributed by atoms with E-state index in [1.54, 1.807) is 0 Å². The molecule has 1 aliphatic heterocycles. The molecule has 1 aromatic heterocycles. The highest BCUT2D eigenvalue weighted by Crippen LogP contribution is 2.42. The molecule has 0 bridgehead atoms. The summed E-state index contributed by atoms with van der Waals surface area (Å²) in [6.07, 6.45) is 4.31. The molecular weight excluding hydrogens is 466 g/mol. The number of carbonyl (C=O) groups excluding carboxylic acids is 1. The summed E-state index contributed by atoms with van der Waals surface area (Å²) in [6, 6.07) is 4.32. The maximum absolute atomic E-state index is 12.1. The molecule has 3 N–H and O–H groups in total. The van der Waals surface area contributed by atoms with Crippen LogP contribution < -0.4 is 15.4 Å². The molecule has 1 amide bonds. The third-order valence-corrected chi connectivity index (χ3v) is 7.57. The van der Waals surface area contributed by atoms with Gasteiger partial charge in [-0.2, -0.15) is 9.97 Å². The fourth-order valence-electron chi connectivity index (χ4n) is 5.46. The molecule has 4 rings (SSSR count).